The molecule has 27 heavy (non-hydrogen) atoms. The topological polar surface area (TPSA) is 88.7 Å². The average molecular weight is 369 g/mol. The number of para-hydroxylation sites is 1. The van der Waals surface area contributed by atoms with Crippen molar-refractivity contribution in [3.05, 3.63) is 59.9 Å². The fraction of sp³-hybridized carbons (Fsp3) is 0.429. The molecule has 1 aromatic heterocycles. The van der Waals surface area contributed by atoms with Gasteiger partial charge in [0.2, 0.25) is 5.91 Å². The number of carbonyl (C=O) groups excluding carboxylic acids is 1. The molecule has 0 aliphatic heterocycles. The minimum atomic E-state index is -0.517. The number of pyridine rings is 1. The van der Waals surface area contributed by atoms with Crippen LogP contribution in [0.5, 0.6) is 5.75 Å². The molecule has 144 valence electrons. The second kappa shape index (κ2) is 8.97. The summed E-state index contributed by atoms with van der Waals surface area (Å²) in [4.78, 5) is 19.2. The van der Waals surface area contributed by atoms with Gasteiger partial charge in [-0.15, -0.1) is 0 Å². The first kappa shape index (κ1) is 19.3. The van der Waals surface area contributed by atoms with Crippen LogP contribution in [-0.2, 0) is 17.9 Å². The van der Waals surface area contributed by atoms with Gasteiger partial charge >= 0.3 is 0 Å². The van der Waals surface area contributed by atoms with Crippen molar-refractivity contribution >= 4 is 5.91 Å². The van der Waals surface area contributed by atoms with E-state index >= 15 is 0 Å². The fourth-order valence-electron chi connectivity index (χ4n) is 3.63. The predicted molar refractivity (Wildman–Crippen MR) is 103 cm³/mol. The highest BCUT2D eigenvalue weighted by molar-refractivity contribution is 5.79. The summed E-state index contributed by atoms with van der Waals surface area (Å²) in [6.45, 7) is 0.952. The zero-order valence-corrected chi connectivity index (χ0v) is 15.6. The summed E-state index contributed by atoms with van der Waals surface area (Å²) in [5.41, 5.74) is 7.99. The second-order valence-electron chi connectivity index (χ2n) is 7.10. The summed E-state index contributed by atoms with van der Waals surface area (Å²) in [6.07, 6.45) is 4.68. The van der Waals surface area contributed by atoms with Gasteiger partial charge in [-0.1, -0.05) is 18.2 Å². The summed E-state index contributed by atoms with van der Waals surface area (Å²) in [5.74, 6) is 0.667. The Balaban J connectivity index is 1.82. The molecule has 6 heteroatoms. The van der Waals surface area contributed by atoms with Crippen molar-refractivity contribution in [2.75, 3.05) is 7.11 Å². The summed E-state index contributed by atoms with van der Waals surface area (Å²) in [7, 11) is 1.63. The van der Waals surface area contributed by atoms with E-state index in [1.807, 2.05) is 41.3 Å². The Bertz CT molecular complexity index is 753. The van der Waals surface area contributed by atoms with Crippen LogP contribution >= 0.6 is 0 Å². The van der Waals surface area contributed by atoms with Crippen molar-refractivity contribution in [1.29, 1.82) is 0 Å². The average Bonchev–Trinajstić information content (AvgIpc) is 2.70. The zero-order chi connectivity index (χ0) is 19.2. The van der Waals surface area contributed by atoms with Crippen LogP contribution in [0.1, 0.15) is 30.4 Å². The molecule has 1 fully saturated rings. The molecule has 1 heterocycles. The number of rotatable bonds is 6. The standard InChI is InChI=1S/C21H27N3O3/c1-27-20-5-3-2-4-17(20)14-24(13-15-8-10-23-11-9-15)21(26)16-6-7-19(25)18(22)12-16/h2-5,8-11,16,18-19,25H,6-7,12-14,22H2,1H3/t16-,18+,19+/m0/s1. The minimum absolute atomic E-state index is 0.0695. The van der Waals surface area contributed by atoms with E-state index in [4.69, 9.17) is 10.5 Å². The van der Waals surface area contributed by atoms with E-state index in [1.165, 1.54) is 0 Å². The third kappa shape index (κ3) is 4.84. The highest BCUT2D eigenvalue weighted by atomic mass is 16.5. The van der Waals surface area contributed by atoms with E-state index in [0.29, 0.717) is 32.4 Å². The third-order valence-corrected chi connectivity index (χ3v) is 5.20. The Morgan fingerprint density at radius 3 is 2.67 bits per heavy atom. The van der Waals surface area contributed by atoms with Gasteiger partial charge in [0, 0.05) is 43.0 Å². The second-order valence-corrected chi connectivity index (χ2v) is 7.10. The van der Waals surface area contributed by atoms with E-state index in [1.54, 1.807) is 19.5 Å². The maximum atomic E-state index is 13.3. The van der Waals surface area contributed by atoms with Crippen molar-refractivity contribution in [1.82, 2.24) is 9.88 Å². The fourth-order valence-corrected chi connectivity index (χ4v) is 3.63. The number of hydrogen-bond acceptors (Lipinski definition) is 5. The van der Waals surface area contributed by atoms with Gasteiger partial charge in [-0.2, -0.15) is 0 Å². The molecule has 3 rings (SSSR count). The number of methoxy groups -OCH3 is 1. The van der Waals surface area contributed by atoms with Crippen LogP contribution in [0.4, 0.5) is 0 Å². The number of aliphatic hydroxyl groups excluding tert-OH is 1. The van der Waals surface area contributed by atoms with Crippen molar-refractivity contribution < 1.29 is 14.6 Å². The molecular formula is C21H27N3O3. The Labute approximate surface area is 160 Å². The van der Waals surface area contributed by atoms with Gasteiger partial charge in [0.15, 0.2) is 0 Å². The number of nitrogens with zero attached hydrogens (tertiary/aromatic N) is 2. The molecular weight excluding hydrogens is 342 g/mol. The van der Waals surface area contributed by atoms with Crippen LogP contribution < -0.4 is 10.5 Å². The molecule has 0 saturated heterocycles. The quantitative estimate of drug-likeness (QED) is 0.814. The molecule has 1 aromatic carbocycles. The summed E-state index contributed by atoms with van der Waals surface area (Å²) >= 11 is 0. The molecule has 0 unspecified atom stereocenters. The van der Waals surface area contributed by atoms with Gasteiger partial charge in [0.1, 0.15) is 5.75 Å². The number of aromatic nitrogens is 1. The van der Waals surface area contributed by atoms with Gasteiger partial charge < -0.3 is 20.5 Å². The number of nitrogens with two attached hydrogens (primary N) is 1. The van der Waals surface area contributed by atoms with Crippen LogP contribution in [0.2, 0.25) is 0 Å². The Hall–Kier alpha value is -2.44. The SMILES string of the molecule is COc1ccccc1CN(Cc1ccncc1)C(=O)[C@H]1CC[C@@H](O)[C@H](N)C1. The van der Waals surface area contributed by atoms with Crippen molar-refractivity contribution in [2.45, 2.75) is 44.5 Å². The van der Waals surface area contributed by atoms with Crippen LogP contribution in [0.3, 0.4) is 0 Å². The van der Waals surface area contributed by atoms with E-state index < -0.39 is 6.10 Å². The van der Waals surface area contributed by atoms with Gasteiger partial charge in [0.05, 0.1) is 13.2 Å². The first-order chi connectivity index (χ1) is 13.1. The van der Waals surface area contributed by atoms with Gasteiger partial charge in [0.25, 0.3) is 0 Å². The number of ether oxygens (including phenoxy) is 1. The molecule has 1 aliphatic rings. The van der Waals surface area contributed by atoms with Crippen LogP contribution in [0, 0.1) is 5.92 Å². The largest absolute Gasteiger partial charge is 0.496 e. The smallest absolute Gasteiger partial charge is 0.226 e. The highest BCUT2D eigenvalue weighted by Crippen LogP contribution is 2.28. The molecule has 1 saturated carbocycles. The lowest BCUT2D eigenvalue weighted by Gasteiger charge is -2.34. The first-order valence-electron chi connectivity index (χ1n) is 9.31. The zero-order valence-electron chi connectivity index (χ0n) is 15.6. The van der Waals surface area contributed by atoms with Crippen LogP contribution in [0.15, 0.2) is 48.8 Å². The van der Waals surface area contributed by atoms with E-state index in [0.717, 1.165) is 16.9 Å². The van der Waals surface area contributed by atoms with Crippen molar-refractivity contribution in [3.8, 4) is 5.75 Å². The molecule has 6 nitrogen and oxygen atoms in total. The van der Waals surface area contributed by atoms with E-state index in [2.05, 4.69) is 4.98 Å². The highest BCUT2D eigenvalue weighted by Gasteiger charge is 2.33. The number of carbonyl (C=O) groups is 1. The normalized spacial score (nSPS) is 22.3. The number of amides is 1. The predicted octanol–water partition coefficient (Wildman–Crippen LogP) is 2.11. The number of benzene rings is 1. The Kier molecular flexibility index (Phi) is 6.42. The summed E-state index contributed by atoms with van der Waals surface area (Å²) in [6, 6.07) is 11.2. The van der Waals surface area contributed by atoms with Gasteiger partial charge in [-0.25, -0.2) is 0 Å². The van der Waals surface area contributed by atoms with Crippen molar-refractivity contribution in [3.63, 3.8) is 0 Å². The lowest BCUT2D eigenvalue weighted by molar-refractivity contribution is -0.138. The minimum Gasteiger partial charge on any atom is -0.496 e. The van der Waals surface area contributed by atoms with E-state index in [9.17, 15) is 9.90 Å². The van der Waals surface area contributed by atoms with Gasteiger partial charge in [-0.05, 0) is 43.0 Å². The molecule has 3 N–H and O–H groups in total. The molecule has 0 spiro atoms. The number of hydrogen-bond donors (Lipinski definition) is 2. The molecule has 1 aliphatic carbocycles. The van der Waals surface area contributed by atoms with Crippen molar-refractivity contribution in [2.24, 2.45) is 11.7 Å². The third-order valence-electron chi connectivity index (χ3n) is 5.20. The molecule has 3 atom stereocenters. The first-order valence-corrected chi connectivity index (χ1v) is 9.31. The molecule has 0 bridgehead atoms. The summed E-state index contributed by atoms with van der Waals surface area (Å²) < 4.78 is 5.45. The Morgan fingerprint density at radius 1 is 1.22 bits per heavy atom. The lowest BCUT2D eigenvalue weighted by atomic mass is 9.83. The van der Waals surface area contributed by atoms with E-state index in [-0.39, 0.29) is 17.9 Å². The van der Waals surface area contributed by atoms with Crippen LogP contribution in [-0.4, -0.2) is 40.2 Å². The molecule has 2 aromatic rings. The monoisotopic (exact) mass is 369 g/mol. The lowest BCUT2D eigenvalue weighted by Crippen LogP contribution is -2.45. The van der Waals surface area contributed by atoms with Crippen LogP contribution in [0.25, 0.3) is 0 Å². The maximum Gasteiger partial charge on any atom is 0.226 e. The Morgan fingerprint density at radius 2 is 1.96 bits per heavy atom. The molecule has 1 amide bonds. The molecule has 0 radical (unpaired) electrons. The van der Waals surface area contributed by atoms with Gasteiger partial charge in [-0.3, -0.25) is 9.78 Å². The number of aliphatic hydroxyl groups is 1. The maximum absolute atomic E-state index is 13.3. The summed E-state index contributed by atoms with van der Waals surface area (Å²) in [5, 5.41) is 9.88.